The van der Waals surface area contributed by atoms with Crippen LogP contribution in [-0.4, -0.2) is 26.0 Å². The average molecular weight is 466 g/mol. The van der Waals surface area contributed by atoms with E-state index < -0.39 is 20.9 Å². The van der Waals surface area contributed by atoms with Crippen molar-refractivity contribution in [3.8, 4) is 5.75 Å². The molecule has 2 aromatic carbocycles. The Morgan fingerprint density at radius 3 is 1.31 bits per heavy atom. The monoisotopic (exact) mass is 468 g/mol. The molecule has 0 spiro atoms. The third-order valence-corrected chi connectivity index (χ3v) is 8.76. The van der Waals surface area contributed by atoms with Gasteiger partial charge in [0.25, 0.3) is 0 Å². The summed E-state index contributed by atoms with van der Waals surface area (Å²) in [5.74, 6) is 2.34. The fourth-order valence-electron chi connectivity index (χ4n) is 3.34. The van der Waals surface area contributed by atoms with Crippen LogP contribution in [0.3, 0.4) is 0 Å². The summed E-state index contributed by atoms with van der Waals surface area (Å²) in [7, 11) is 0. The zero-order valence-electron chi connectivity index (χ0n) is 17.6. The molecule has 1 N–H and O–H groups in total. The molecule has 0 aromatic heterocycles. The molecule has 142 valence electrons. The molecule has 0 fully saturated rings. The van der Waals surface area contributed by atoms with Crippen LogP contribution < -0.4 is 7.22 Å². The summed E-state index contributed by atoms with van der Waals surface area (Å²) in [5, 5.41) is 10.3. The van der Waals surface area contributed by atoms with Crippen molar-refractivity contribution in [3.63, 3.8) is 0 Å². The molecule has 0 atom stereocenters. The minimum absolute atomic E-state index is 0.412. The summed E-state index contributed by atoms with van der Waals surface area (Å²) in [5.41, 5.74) is 5.70. The van der Waals surface area contributed by atoms with Gasteiger partial charge in [-0.25, -0.2) is 0 Å². The predicted octanol–water partition coefficient (Wildman–Crippen LogP) is 5.54. The zero-order chi connectivity index (χ0) is 19.6. The van der Waals surface area contributed by atoms with Crippen LogP contribution in [0, 0.1) is 0 Å². The summed E-state index contributed by atoms with van der Waals surface area (Å²) in [4.78, 5) is 0. The molecule has 0 amide bonds. The molecular formula is C24H34OTe. The maximum atomic E-state index is 10.3. The topological polar surface area (TPSA) is 20.2 Å². The Hall–Kier alpha value is -0.970. The Labute approximate surface area is 170 Å². The Morgan fingerprint density at radius 1 is 0.615 bits per heavy atom. The van der Waals surface area contributed by atoms with Crippen LogP contribution in [-0.2, 0) is 0 Å². The van der Waals surface area contributed by atoms with Gasteiger partial charge in [0.15, 0.2) is 0 Å². The number of hydrogen-bond acceptors (Lipinski definition) is 1. The quantitative estimate of drug-likeness (QED) is 0.555. The van der Waals surface area contributed by atoms with Crippen molar-refractivity contribution in [1.29, 1.82) is 0 Å². The van der Waals surface area contributed by atoms with E-state index in [1.165, 1.54) is 25.9 Å². The first kappa shape index (κ1) is 21.3. The number of phenols is 1. The molecule has 0 saturated carbocycles. The van der Waals surface area contributed by atoms with Gasteiger partial charge in [-0.3, -0.25) is 0 Å². The first-order chi connectivity index (χ1) is 12.1. The van der Waals surface area contributed by atoms with Crippen LogP contribution in [0.25, 0.3) is 0 Å². The Kier molecular flexibility index (Phi) is 7.23. The second-order valence-corrected chi connectivity index (χ2v) is 11.4. The van der Waals surface area contributed by atoms with Gasteiger partial charge in [-0.15, -0.1) is 0 Å². The van der Waals surface area contributed by atoms with Gasteiger partial charge in [-0.2, -0.15) is 0 Å². The predicted molar refractivity (Wildman–Crippen MR) is 116 cm³/mol. The van der Waals surface area contributed by atoms with Crippen molar-refractivity contribution in [2.45, 2.75) is 79.1 Å². The van der Waals surface area contributed by atoms with Gasteiger partial charge >= 0.3 is 171 Å². The fraction of sp³-hybridized carbons (Fsp3) is 0.500. The van der Waals surface area contributed by atoms with Crippen molar-refractivity contribution in [1.82, 2.24) is 0 Å². The van der Waals surface area contributed by atoms with Gasteiger partial charge in [0.05, 0.1) is 0 Å². The normalized spacial score (nSPS) is 12.0. The van der Waals surface area contributed by atoms with Crippen LogP contribution in [0.2, 0.25) is 0 Å². The van der Waals surface area contributed by atoms with Crippen LogP contribution in [0.1, 0.15) is 101 Å². The van der Waals surface area contributed by atoms with Crippen LogP contribution in [0.4, 0.5) is 0 Å². The third-order valence-electron chi connectivity index (χ3n) is 4.90. The van der Waals surface area contributed by atoms with Crippen molar-refractivity contribution in [2.75, 3.05) is 0 Å². The summed E-state index contributed by atoms with van der Waals surface area (Å²) in [6.45, 7) is 18.2. The third kappa shape index (κ3) is 4.65. The number of aromatic hydroxyl groups is 1. The first-order valence-corrected chi connectivity index (χ1v) is 12.1. The van der Waals surface area contributed by atoms with Crippen LogP contribution in [0.15, 0.2) is 30.3 Å². The fourth-order valence-corrected chi connectivity index (χ4v) is 8.68. The van der Waals surface area contributed by atoms with Crippen LogP contribution in [0.5, 0.6) is 5.75 Å². The van der Waals surface area contributed by atoms with Gasteiger partial charge in [-0.05, 0) is 0 Å². The Balaban J connectivity index is 2.72. The Bertz CT molecular complexity index is 702. The molecule has 0 aliphatic carbocycles. The molecule has 2 rings (SSSR count). The van der Waals surface area contributed by atoms with Gasteiger partial charge in [0.1, 0.15) is 0 Å². The van der Waals surface area contributed by atoms with E-state index >= 15 is 0 Å². The molecule has 0 bridgehead atoms. The van der Waals surface area contributed by atoms with Gasteiger partial charge in [0.2, 0.25) is 0 Å². The van der Waals surface area contributed by atoms with E-state index in [0.29, 0.717) is 29.4 Å². The zero-order valence-corrected chi connectivity index (χ0v) is 19.9. The number of benzene rings is 2. The molecular weight excluding hydrogens is 432 g/mol. The number of rotatable bonds is 6. The number of hydrogen-bond donors (Lipinski definition) is 1. The number of phenolic OH excluding ortho intramolecular Hbond substituents is 1. The van der Waals surface area contributed by atoms with Crippen molar-refractivity contribution >= 4 is 28.1 Å². The molecule has 26 heavy (non-hydrogen) atoms. The SMILES string of the molecule is CC(C)c1cccc(C(C)C)c1[Te]c1c(C(C)C)cc(O)cc1C(C)C. The van der Waals surface area contributed by atoms with E-state index in [1.54, 1.807) is 3.61 Å². The van der Waals surface area contributed by atoms with Crippen molar-refractivity contribution < 1.29 is 5.11 Å². The minimum atomic E-state index is -0.546. The molecule has 0 unspecified atom stereocenters. The van der Waals surface area contributed by atoms with E-state index in [9.17, 15) is 5.11 Å². The van der Waals surface area contributed by atoms with Crippen LogP contribution >= 0.6 is 0 Å². The molecule has 0 aliphatic rings. The van der Waals surface area contributed by atoms with Gasteiger partial charge in [0, 0.05) is 0 Å². The molecule has 2 heteroatoms. The second-order valence-electron chi connectivity index (χ2n) is 8.44. The van der Waals surface area contributed by atoms with Crippen molar-refractivity contribution in [2.24, 2.45) is 0 Å². The van der Waals surface area contributed by atoms with Gasteiger partial charge < -0.3 is 0 Å². The average Bonchev–Trinajstić information content (AvgIpc) is 2.55. The van der Waals surface area contributed by atoms with E-state index in [2.05, 4.69) is 73.6 Å². The van der Waals surface area contributed by atoms with Crippen molar-refractivity contribution in [3.05, 3.63) is 52.6 Å². The molecule has 0 saturated heterocycles. The molecule has 2 aromatic rings. The van der Waals surface area contributed by atoms with E-state index in [1.807, 2.05) is 12.1 Å². The summed E-state index contributed by atoms with van der Waals surface area (Å²) in [6.07, 6.45) is 0. The van der Waals surface area contributed by atoms with E-state index in [-0.39, 0.29) is 0 Å². The summed E-state index contributed by atoms with van der Waals surface area (Å²) >= 11 is -0.546. The molecule has 0 aliphatic heterocycles. The van der Waals surface area contributed by atoms with E-state index in [4.69, 9.17) is 0 Å². The Morgan fingerprint density at radius 2 is 0.962 bits per heavy atom. The molecule has 0 heterocycles. The first-order valence-electron chi connectivity index (χ1n) is 9.80. The standard InChI is InChI=1S/C24H34OTe/c1-14(2)19-10-9-11-20(15(3)4)23(19)26-24-21(16(5)6)12-18(25)13-22(24)17(7)8/h9-17,25H,1-8H3. The second kappa shape index (κ2) is 8.81. The molecule has 1 nitrogen and oxygen atoms in total. The van der Waals surface area contributed by atoms with E-state index in [0.717, 1.165) is 0 Å². The summed E-state index contributed by atoms with van der Waals surface area (Å²) < 4.78 is 3.14. The maximum absolute atomic E-state index is 10.3. The molecule has 0 radical (unpaired) electrons. The van der Waals surface area contributed by atoms with Gasteiger partial charge in [-0.1, -0.05) is 0 Å². The summed E-state index contributed by atoms with van der Waals surface area (Å²) in [6, 6.07) is 10.9.